The zero-order valence-electron chi connectivity index (χ0n) is 7.81. The van der Waals surface area contributed by atoms with Crippen molar-refractivity contribution in [2.24, 2.45) is 0 Å². The van der Waals surface area contributed by atoms with E-state index in [9.17, 15) is 0 Å². The van der Waals surface area contributed by atoms with E-state index in [4.69, 9.17) is 16.9 Å². The smallest absolute Gasteiger partial charge is 0.140 e. The standard InChI is InChI=1S/C12H7ClN2/c13-11-3-1-2-9(6-11)10-4-5-12(7-14)15-8-10/h1-6,8H. The van der Waals surface area contributed by atoms with Gasteiger partial charge in [0, 0.05) is 16.8 Å². The first-order valence-corrected chi connectivity index (χ1v) is 4.79. The Hall–Kier alpha value is -1.85. The van der Waals surface area contributed by atoms with E-state index in [0.29, 0.717) is 10.7 Å². The molecule has 0 unspecified atom stereocenters. The summed E-state index contributed by atoms with van der Waals surface area (Å²) in [6, 6.07) is 13.1. The Morgan fingerprint density at radius 1 is 1.13 bits per heavy atom. The van der Waals surface area contributed by atoms with E-state index in [1.165, 1.54) is 0 Å². The molecule has 0 fully saturated rings. The minimum atomic E-state index is 0.417. The number of nitrogens with zero attached hydrogens (tertiary/aromatic N) is 2. The summed E-state index contributed by atoms with van der Waals surface area (Å²) in [7, 11) is 0. The first kappa shape index (κ1) is 9.70. The highest BCUT2D eigenvalue weighted by Gasteiger charge is 1.99. The molecule has 1 aromatic carbocycles. The van der Waals surface area contributed by atoms with Crippen LogP contribution in [-0.4, -0.2) is 4.98 Å². The largest absolute Gasteiger partial charge is 0.245 e. The fourth-order valence-corrected chi connectivity index (χ4v) is 1.49. The number of hydrogen-bond donors (Lipinski definition) is 0. The van der Waals surface area contributed by atoms with Gasteiger partial charge >= 0.3 is 0 Å². The Balaban J connectivity index is 2.42. The maximum absolute atomic E-state index is 8.61. The van der Waals surface area contributed by atoms with Gasteiger partial charge < -0.3 is 0 Å². The van der Waals surface area contributed by atoms with Crippen LogP contribution in [0.15, 0.2) is 42.6 Å². The van der Waals surface area contributed by atoms with Crippen LogP contribution >= 0.6 is 11.6 Å². The fraction of sp³-hybridized carbons (Fsp3) is 0. The minimum absolute atomic E-state index is 0.417. The van der Waals surface area contributed by atoms with Crippen molar-refractivity contribution in [3.8, 4) is 17.2 Å². The third kappa shape index (κ3) is 2.15. The number of halogens is 1. The van der Waals surface area contributed by atoms with Crippen LogP contribution in [-0.2, 0) is 0 Å². The molecule has 0 N–H and O–H groups in total. The molecule has 72 valence electrons. The van der Waals surface area contributed by atoms with Crippen molar-refractivity contribution in [3.05, 3.63) is 53.3 Å². The number of pyridine rings is 1. The van der Waals surface area contributed by atoms with E-state index in [1.807, 2.05) is 36.4 Å². The number of nitriles is 1. The topological polar surface area (TPSA) is 36.7 Å². The number of benzene rings is 1. The van der Waals surface area contributed by atoms with E-state index < -0.39 is 0 Å². The maximum Gasteiger partial charge on any atom is 0.140 e. The van der Waals surface area contributed by atoms with Gasteiger partial charge in [-0.2, -0.15) is 5.26 Å². The zero-order valence-corrected chi connectivity index (χ0v) is 8.57. The summed E-state index contributed by atoms with van der Waals surface area (Å²) in [4.78, 5) is 4.00. The summed E-state index contributed by atoms with van der Waals surface area (Å²) < 4.78 is 0. The molecule has 0 radical (unpaired) electrons. The van der Waals surface area contributed by atoms with Gasteiger partial charge in [-0.05, 0) is 29.8 Å². The lowest BCUT2D eigenvalue weighted by molar-refractivity contribution is 1.26. The van der Waals surface area contributed by atoms with Gasteiger partial charge in [0.05, 0.1) is 0 Å². The highest BCUT2D eigenvalue weighted by atomic mass is 35.5. The Morgan fingerprint density at radius 2 is 2.00 bits per heavy atom. The summed E-state index contributed by atoms with van der Waals surface area (Å²) in [5.41, 5.74) is 2.37. The first-order valence-electron chi connectivity index (χ1n) is 4.42. The summed E-state index contributed by atoms with van der Waals surface area (Å²) in [6.45, 7) is 0. The minimum Gasteiger partial charge on any atom is -0.245 e. The van der Waals surface area contributed by atoms with E-state index >= 15 is 0 Å². The average molecular weight is 215 g/mol. The highest BCUT2D eigenvalue weighted by Crippen LogP contribution is 2.21. The van der Waals surface area contributed by atoms with Gasteiger partial charge in [-0.3, -0.25) is 0 Å². The van der Waals surface area contributed by atoms with E-state index in [-0.39, 0.29) is 0 Å². The normalized spacial score (nSPS) is 9.60. The predicted octanol–water partition coefficient (Wildman–Crippen LogP) is 3.27. The Kier molecular flexibility index (Phi) is 2.66. The third-order valence-electron chi connectivity index (χ3n) is 2.04. The second-order valence-corrected chi connectivity index (χ2v) is 3.49. The van der Waals surface area contributed by atoms with Crippen molar-refractivity contribution in [1.29, 1.82) is 5.26 Å². The molecule has 0 bridgehead atoms. The molecular formula is C12H7ClN2. The Bertz CT molecular complexity index is 512. The SMILES string of the molecule is N#Cc1ccc(-c2cccc(Cl)c2)cn1. The molecule has 2 aromatic rings. The number of aromatic nitrogens is 1. The Labute approximate surface area is 92.8 Å². The molecule has 15 heavy (non-hydrogen) atoms. The van der Waals surface area contributed by atoms with Crippen molar-refractivity contribution in [3.63, 3.8) is 0 Å². The lowest BCUT2D eigenvalue weighted by Crippen LogP contribution is -1.83. The van der Waals surface area contributed by atoms with Gasteiger partial charge in [-0.25, -0.2) is 4.98 Å². The van der Waals surface area contributed by atoms with Crippen molar-refractivity contribution >= 4 is 11.6 Å². The predicted molar refractivity (Wildman–Crippen MR) is 59.4 cm³/mol. The molecule has 0 aliphatic carbocycles. The van der Waals surface area contributed by atoms with E-state index in [1.54, 1.807) is 12.3 Å². The molecule has 1 heterocycles. The fourth-order valence-electron chi connectivity index (χ4n) is 1.30. The molecule has 0 saturated carbocycles. The lowest BCUT2D eigenvalue weighted by atomic mass is 10.1. The molecule has 0 saturated heterocycles. The van der Waals surface area contributed by atoms with Gasteiger partial charge in [0.25, 0.3) is 0 Å². The first-order chi connectivity index (χ1) is 7.29. The third-order valence-corrected chi connectivity index (χ3v) is 2.27. The van der Waals surface area contributed by atoms with Crippen molar-refractivity contribution < 1.29 is 0 Å². The zero-order chi connectivity index (χ0) is 10.7. The van der Waals surface area contributed by atoms with Crippen LogP contribution in [0.5, 0.6) is 0 Å². The monoisotopic (exact) mass is 214 g/mol. The van der Waals surface area contributed by atoms with Crippen LogP contribution in [0, 0.1) is 11.3 Å². The van der Waals surface area contributed by atoms with E-state index in [0.717, 1.165) is 11.1 Å². The quantitative estimate of drug-likeness (QED) is 0.731. The molecule has 2 nitrogen and oxygen atoms in total. The van der Waals surface area contributed by atoms with E-state index in [2.05, 4.69) is 4.98 Å². The Morgan fingerprint density at radius 3 is 2.60 bits per heavy atom. The second kappa shape index (κ2) is 4.12. The van der Waals surface area contributed by atoms with Crippen LogP contribution in [0.1, 0.15) is 5.69 Å². The van der Waals surface area contributed by atoms with Gasteiger partial charge in [0.1, 0.15) is 11.8 Å². The summed E-state index contributed by atoms with van der Waals surface area (Å²) in [6.07, 6.45) is 1.67. The number of hydrogen-bond acceptors (Lipinski definition) is 2. The molecule has 1 aromatic heterocycles. The molecule has 0 aliphatic rings. The maximum atomic E-state index is 8.61. The molecule has 0 aliphatic heterocycles. The molecule has 0 amide bonds. The van der Waals surface area contributed by atoms with Crippen LogP contribution in [0.4, 0.5) is 0 Å². The summed E-state index contributed by atoms with van der Waals surface area (Å²) in [5, 5.41) is 9.30. The molecular weight excluding hydrogens is 208 g/mol. The van der Waals surface area contributed by atoms with Crippen molar-refractivity contribution in [2.75, 3.05) is 0 Å². The van der Waals surface area contributed by atoms with Crippen molar-refractivity contribution in [1.82, 2.24) is 4.98 Å². The van der Waals surface area contributed by atoms with Gasteiger partial charge in [-0.1, -0.05) is 23.7 Å². The van der Waals surface area contributed by atoms with Crippen molar-refractivity contribution in [2.45, 2.75) is 0 Å². The van der Waals surface area contributed by atoms with Gasteiger partial charge in [0.2, 0.25) is 0 Å². The molecule has 0 atom stereocenters. The van der Waals surface area contributed by atoms with Gasteiger partial charge in [0.15, 0.2) is 0 Å². The molecule has 3 heteroatoms. The average Bonchev–Trinajstić information content (AvgIpc) is 2.29. The van der Waals surface area contributed by atoms with Crippen LogP contribution in [0.3, 0.4) is 0 Å². The number of rotatable bonds is 1. The van der Waals surface area contributed by atoms with Crippen LogP contribution in [0.25, 0.3) is 11.1 Å². The summed E-state index contributed by atoms with van der Waals surface area (Å²) >= 11 is 5.88. The highest BCUT2D eigenvalue weighted by molar-refractivity contribution is 6.30. The molecule has 2 rings (SSSR count). The summed E-state index contributed by atoms with van der Waals surface area (Å²) in [5.74, 6) is 0. The van der Waals surface area contributed by atoms with Gasteiger partial charge in [-0.15, -0.1) is 0 Å². The molecule has 0 spiro atoms. The lowest BCUT2D eigenvalue weighted by Gasteiger charge is -2.00. The second-order valence-electron chi connectivity index (χ2n) is 3.05. The van der Waals surface area contributed by atoms with Crippen LogP contribution < -0.4 is 0 Å². The van der Waals surface area contributed by atoms with Crippen LogP contribution in [0.2, 0.25) is 5.02 Å².